The zero-order valence-electron chi connectivity index (χ0n) is 34.3. The van der Waals surface area contributed by atoms with Gasteiger partial charge in [-0.05, 0) is 82.0 Å². The van der Waals surface area contributed by atoms with Gasteiger partial charge in [-0.1, -0.05) is 32.3 Å². The van der Waals surface area contributed by atoms with Crippen molar-refractivity contribution in [2.75, 3.05) is 45.3 Å². The third-order valence-electron chi connectivity index (χ3n) is 11.0. The van der Waals surface area contributed by atoms with Gasteiger partial charge in [0.15, 0.2) is 5.82 Å². The number of terminal acetylenes is 1. The number of aldehydes is 1. The van der Waals surface area contributed by atoms with E-state index in [9.17, 15) is 18.4 Å². The van der Waals surface area contributed by atoms with Gasteiger partial charge in [0.25, 0.3) is 6.47 Å². The first-order valence-electron chi connectivity index (χ1n) is 20.0. The second kappa shape index (κ2) is 20.6. The van der Waals surface area contributed by atoms with E-state index in [-0.39, 0.29) is 28.9 Å². The number of rotatable bonds is 9. The fourth-order valence-corrected chi connectivity index (χ4v) is 7.84. The molecular formula is C44H55F3N6O5. The maximum Gasteiger partial charge on any atom is 0.318 e. The first-order valence-corrected chi connectivity index (χ1v) is 20.0. The summed E-state index contributed by atoms with van der Waals surface area (Å²) in [5.41, 5.74) is 0.405. The molecule has 14 heteroatoms. The van der Waals surface area contributed by atoms with Crippen molar-refractivity contribution in [1.29, 1.82) is 0 Å². The Kier molecular flexibility index (Phi) is 15.7. The molecule has 2 aromatic heterocycles. The maximum absolute atomic E-state index is 16.3. The number of nitrogens with zero attached hydrogens (tertiary/aromatic N) is 5. The van der Waals surface area contributed by atoms with Crippen LogP contribution in [0.1, 0.15) is 78.2 Å². The predicted octanol–water partition coefficient (Wildman–Crippen LogP) is 7.44. The van der Waals surface area contributed by atoms with Crippen LogP contribution in [0.15, 0.2) is 30.5 Å². The molecule has 4 unspecified atom stereocenters. The fraction of sp³-hybridized carbons (Fsp3) is 0.523. The number of anilines is 1. The SMILES string of the molecule is C#Cc1c(F)ccc2cc(OC)cc(-c3ncc4c(N5CC6CCC(C5)N6)nc(OC)nc4c3F)c12.CC(C)OC=O.CCC(C)CC=O.F[C@@H]1CC2CCCN2C1. The number of ether oxygens (including phenoxy) is 3. The number of alkyl halides is 1. The lowest BCUT2D eigenvalue weighted by atomic mass is 9.95. The molecule has 0 spiro atoms. The average Bonchev–Trinajstić information content (AvgIpc) is 3.91. The quantitative estimate of drug-likeness (QED) is 0.134. The van der Waals surface area contributed by atoms with Gasteiger partial charge in [0.05, 0.1) is 31.3 Å². The number of benzene rings is 2. The molecule has 4 aliphatic rings. The molecule has 4 fully saturated rings. The summed E-state index contributed by atoms with van der Waals surface area (Å²) < 4.78 is 58.6. The van der Waals surface area contributed by atoms with E-state index in [0.29, 0.717) is 70.3 Å². The molecule has 8 rings (SSSR count). The number of piperazine rings is 1. The molecular weight excluding hydrogens is 750 g/mol. The predicted molar refractivity (Wildman–Crippen MR) is 220 cm³/mol. The standard InChI is InChI=1S/C27H23F2N5O2.C7H12FN.C6H12O.C4H8O2/c1-4-18-21(28)8-5-14-9-17(35-2)10-19(22(14)18)24-23(29)25-20(11-30-24)26(33-27(32-25)36-3)34-12-15-6-7-16(13-34)31-15;8-6-4-7-2-1-3-9(7)5-6;1-3-6(2)4-5-7;1-4(2)6-3-5/h1,5,8-11,15-16,31H,6-7,12-13H2,2-3H3;6-7H,1-5H2;5-6H,3-4H2,1-2H3;3-4H,1-2H3/t;6-,7?;;/m.1../s1. The lowest BCUT2D eigenvalue weighted by Crippen LogP contribution is -2.51. The number of aromatic nitrogens is 3. The fourth-order valence-electron chi connectivity index (χ4n) is 7.84. The summed E-state index contributed by atoms with van der Waals surface area (Å²) in [7, 11) is 2.95. The number of halogens is 3. The summed E-state index contributed by atoms with van der Waals surface area (Å²) >= 11 is 0. The second-order valence-electron chi connectivity index (χ2n) is 15.4. The molecule has 6 heterocycles. The van der Waals surface area contributed by atoms with Crippen molar-refractivity contribution < 1.29 is 37.0 Å². The second-order valence-corrected chi connectivity index (χ2v) is 15.4. The minimum absolute atomic E-state index is 0.0133. The average molecular weight is 805 g/mol. The largest absolute Gasteiger partial charge is 0.497 e. The Balaban J connectivity index is 0.000000236. The number of carbonyl (C=O) groups excluding carboxylic acids is 2. The van der Waals surface area contributed by atoms with Gasteiger partial charge in [0.1, 0.15) is 41.1 Å². The third kappa shape index (κ3) is 10.5. The van der Waals surface area contributed by atoms with Crippen LogP contribution in [-0.2, 0) is 14.3 Å². The molecule has 0 aliphatic carbocycles. The molecule has 0 amide bonds. The van der Waals surface area contributed by atoms with Crippen molar-refractivity contribution in [2.45, 2.75) is 103 Å². The Bertz CT molecular complexity index is 2060. The van der Waals surface area contributed by atoms with E-state index < -0.39 is 17.8 Å². The molecule has 312 valence electrons. The van der Waals surface area contributed by atoms with Gasteiger partial charge in [0.2, 0.25) is 0 Å². The smallest absolute Gasteiger partial charge is 0.318 e. The highest BCUT2D eigenvalue weighted by molar-refractivity contribution is 6.03. The minimum Gasteiger partial charge on any atom is -0.497 e. The molecule has 4 saturated heterocycles. The van der Waals surface area contributed by atoms with Gasteiger partial charge in [0, 0.05) is 61.3 Å². The van der Waals surface area contributed by atoms with Gasteiger partial charge in [-0.3, -0.25) is 14.7 Å². The molecule has 2 bridgehead atoms. The summed E-state index contributed by atoms with van der Waals surface area (Å²) in [6.07, 6.45) is 15.0. The van der Waals surface area contributed by atoms with Crippen LogP contribution in [0.5, 0.6) is 11.8 Å². The van der Waals surface area contributed by atoms with Gasteiger partial charge >= 0.3 is 6.01 Å². The number of methoxy groups -OCH3 is 2. The highest BCUT2D eigenvalue weighted by atomic mass is 19.1. The van der Waals surface area contributed by atoms with Gasteiger partial charge in [-0.2, -0.15) is 9.97 Å². The number of pyridine rings is 1. The van der Waals surface area contributed by atoms with Crippen LogP contribution in [0.2, 0.25) is 0 Å². The maximum atomic E-state index is 16.3. The minimum atomic E-state index is -0.672. The molecule has 0 radical (unpaired) electrons. The normalized spacial score (nSPS) is 21.1. The van der Waals surface area contributed by atoms with Crippen LogP contribution in [0, 0.1) is 29.9 Å². The van der Waals surface area contributed by atoms with Gasteiger partial charge in [-0.15, -0.1) is 6.42 Å². The van der Waals surface area contributed by atoms with Crippen LogP contribution in [0.3, 0.4) is 0 Å². The molecule has 11 nitrogen and oxygen atoms in total. The van der Waals surface area contributed by atoms with E-state index in [1.165, 1.54) is 33.1 Å². The summed E-state index contributed by atoms with van der Waals surface area (Å²) in [5, 5.41) is 5.05. The van der Waals surface area contributed by atoms with Crippen molar-refractivity contribution in [2.24, 2.45) is 5.92 Å². The van der Waals surface area contributed by atoms with Gasteiger partial charge < -0.3 is 29.2 Å². The highest BCUT2D eigenvalue weighted by Gasteiger charge is 2.35. The molecule has 0 saturated carbocycles. The van der Waals surface area contributed by atoms with E-state index in [4.69, 9.17) is 15.9 Å². The Morgan fingerprint density at radius 3 is 2.34 bits per heavy atom. The summed E-state index contributed by atoms with van der Waals surface area (Å²) in [4.78, 5) is 37.0. The summed E-state index contributed by atoms with van der Waals surface area (Å²) in [6, 6.07) is 7.58. The summed E-state index contributed by atoms with van der Waals surface area (Å²) in [5.74, 6) is 2.79. The van der Waals surface area contributed by atoms with Crippen LogP contribution in [-0.4, -0.2) is 103 Å². The van der Waals surface area contributed by atoms with Crippen molar-refractivity contribution in [3.63, 3.8) is 0 Å². The molecule has 4 aromatic rings. The van der Waals surface area contributed by atoms with Crippen molar-refractivity contribution in [3.05, 3.63) is 47.7 Å². The lowest BCUT2D eigenvalue weighted by Gasteiger charge is -2.34. The van der Waals surface area contributed by atoms with E-state index in [1.54, 1.807) is 38.2 Å². The number of hydrogen-bond acceptors (Lipinski definition) is 11. The van der Waals surface area contributed by atoms with Crippen molar-refractivity contribution >= 4 is 40.3 Å². The van der Waals surface area contributed by atoms with Gasteiger partial charge in [-0.25, -0.2) is 13.2 Å². The third-order valence-corrected chi connectivity index (χ3v) is 11.0. The number of hydrogen-bond donors (Lipinski definition) is 1. The molecule has 4 aliphatic heterocycles. The van der Waals surface area contributed by atoms with E-state index in [0.717, 1.165) is 58.0 Å². The van der Waals surface area contributed by atoms with Crippen LogP contribution < -0.4 is 19.7 Å². The Hall–Kier alpha value is -5.00. The number of carbonyl (C=O) groups is 2. The topological polar surface area (TPSA) is 119 Å². The Morgan fingerprint density at radius 1 is 1.03 bits per heavy atom. The van der Waals surface area contributed by atoms with E-state index in [2.05, 4.69) is 54.6 Å². The van der Waals surface area contributed by atoms with E-state index >= 15 is 4.39 Å². The monoisotopic (exact) mass is 804 g/mol. The lowest BCUT2D eigenvalue weighted by molar-refractivity contribution is -0.132. The number of nitrogens with one attached hydrogen (secondary N) is 1. The number of fused-ring (bicyclic) bond motifs is 5. The zero-order valence-corrected chi connectivity index (χ0v) is 34.3. The molecule has 1 N–H and O–H groups in total. The first kappa shape index (κ1) is 44.1. The zero-order chi connectivity index (χ0) is 41.9. The van der Waals surface area contributed by atoms with Crippen LogP contribution >= 0.6 is 0 Å². The molecule has 5 atom stereocenters. The van der Waals surface area contributed by atoms with Crippen molar-refractivity contribution in [3.8, 4) is 35.4 Å². The van der Waals surface area contributed by atoms with Crippen LogP contribution in [0.4, 0.5) is 19.0 Å². The van der Waals surface area contributed by atoms with E-state index in [1.807, 2.05) is 0 Å². The molecule has 2 aromatic carbocycles. The Morgan fingerprint density at radius 2 is 1.78 bits per heavy atom. The highest BCUT2D eigenvalue weighted by Crippen LogP contribution is 2.39. The van der Waals surface area contributed by atoms with Crippen molar-refractivity contribution in [1.82, 2.24) is 25.2 Å². The first-order chi connectivity index (χ1) is 27.9. The van der Waals surface area contributed by atoms with Crippen LogP contribution in [0.25, 0.3) is 32.9 Å². The summed E-state index contributed by atoms with van der Waals surface area (Å²) in [6.45, 7) is 11.6. The molecule has 58 heavy (non-hydrogen) atoms. The Labute approximate surface area is 339 Å².